The molecule has 2 aliphatic rings. The second kappa shape index (κ2) is 5.11. The standard InChI is InChI=1S/C17H20N2O3/c1-2-22-17(21)16-15-14(11-5-6-19(16)8-11)12-7-10(9-20)3-4-13(12)18-15/h3-4,7,11,16,18,20H,2,5-6,8-9H2,1H3. The Balaban J connectivity index is 1.89. The molecule has 1 saturated heterocycles. The van der Waals surface area contributed by atoms with Gasteiger partial charge >= 0.3 is 5.97 Å². The second-order valence-corrected chi connectivity index (χ2v) is 6.13. The molecule has 2 aliphatic heterocycles. The zero-order valence-electron chi connectivity index (χ0n) is 12.6. The number of rotatable bonds is 3. The van der Waals surface area contributed by atoms with Crippen LogP contribution in [0.4, 0.5) is 0 Å². The van der Waals surface area contributed by atoms with Gasteiger partial charge in [-0.05, 0) is 43.1 Å². The van der Waals surface area contributed by atoms with Crippen LogP contribution >= 0.6 is 0 Å². The molecule has 2 bridgehead atoms. The smallest absolute Gasteiger partial charge is 0.329 e. The van der Waals surface area contributed by atoms with E-state index in [1.807, 2.05) is 25.1 Å². The Morgan fingerprint density at radius 2 is 2.36 bits per heavy atom. The Morgan fingerprint density at radius 3 is 3.14 bits per heavy atom. The van der Waals surface area contributed by atoms with Crippen LogP contribution in [0.25, 0.3) is 10.9 Å². The van der Waals surface area contributed by atoms with Crippen molar-refractivity contribution in [1.29, 1.82) is 0 Å². The lowest BCUT2D eigenvalue weighted by atomic mass is 9.90. The highest BCUT2D eigenvalue weighted by Gasteiger charge is 2.44. The van der Waals surface area contributed by atoms with Crippen molar-refractivity contribution in [3.05, 3.63) is 35.0 Å². The summed E-state index contributed by atoms with van der Waals surface area (Å²) >= 11 is 0. The molecule has 5 heteroatoms. The zero-order chi connectivity index (χ0) is 15.3. The fourth-order valence-electron chi connectivity index (χ4n) is 3.96. The fraction of sp³-hybridized carbons (Fsp3) is 0.471. The van der Waals surface area contributed by atoms with Crippen molar-refractivity contribution in [1.82, 2.24) is 9.88 Å². The van der Waals surface area contributed by atoms with Crippen LogP contribution in [0.3, 0.4) is 0 Å². The fourth-order valence-corrected chi connectivity index (χ4v) is 3.96. The molecule has 3 heterocycles. The van der Waals surface area contributed by atoms with Crippen molar-refractivity contribution in [2.75, 3.05) is 19.7 Å². The van der Waals surface area contributed by atoms with Gasteiger partial charge in [-0.25, -0.2) is 4.79 Å². The molecule has 2 aromatic rings. The lowest BCUT2D eigenvalue weighted by Crippen LogP contribution is -2.37. The number of aliphatic hydroxyl groups is 1. The highest BCUT2D eigenvalue weighted by atomic mass is 16.5. The summed E-state index contributed by atoms with van der Waals surface area (Å²) in [4.78, 5) is 18.1. The van der Waals surface area contributed by atoms with E-state index in [2.05, 4.69) is 9.88 Å². The van der Waals surface area contributed by atoms with Gasteiger partial charge in [-0.1, -0.05) is 6.07 Å². The molecule has 2 N–H and O–H groups in total. The third-order valence-corrected chi connectivity index (χ3v) is 4.89. The number of benzene rings is 1. The molecule has 1 fully saturated rings. The van der Waals surface area contributed by atoms with Gasteiger partial charge in [-0.2, -0.15) is 0 Å². The molecule has 116 valence electrons. The van der Waals surface area contributed by atoms with Crippen molar-refractivity contribution in [2.24, 2.45) is 0 Å². The monoisotopic (exact) mass is 300 g/mol. The molecule has 3 unspecified atom stereocenters. The lowest BCUT2D eigenvalue weighted by molar-refractivity contribution is -0.149. The molecule has 1 aromatic heterocycles. The van der Waals surface area contributed by atoms with Crippen LogP contribution in [0, 0.1) is 0 Å². The average Bonchev–Trinajstić information content (AvgIpc) is 3.09. The van der Waals surface area contributed by atoms with E-state index in [1.54, 1.807) is 0 Å². The van der Waals surface area contributed by atoms with E-state index >= 15 is 0 Å². The topological polar surface area (TPSA) is 65.6 Å². The predicted octanol–water partition coefficient (Wildman–Crippen LogP) is 2.07. The van der Waals surface area contributed by atoms with Gasteiger partial charge in [0.1, 0.15) is 6.04 Å². The van der Waals surface area contributed by atoms with Crippen LogP contribution in [0.15, 0.2) is 18.2 Å². The number of aromatic nitrogens is 1. The molecule has 0 spiro atoms. The summed E-state index contributed by atoms with van der Waals surface area (Å²) in [7, 11) is 0. The summed E-state index contributed by atoms with van der Waals surface area (Å²) in [5.41, 5.74) is 4.17. The van der Waals surface area contributed by atoms with Gasteiger partial charge in [0, 0.05) is 29.1 Å². The third kappa shape index (κ3) is 1.89. The molecule has 0 saturated carbocycles. The summed E-state index contributed by atoms with van der Waals surface area (Å²) in [6, 6.07) is 5.63. The number of esters is 1. The number of H-pyrrole nitrogens is 1. The highest BCUT2D eigenvalue weighted by Crippen LogP contribution is 2.46. The minimum absolute atomic E-state index is 0.0357. The molecule has 5 nitrogen and oxygen atoms in total. The Morgan fingerprint density at radius 1 is 1.50 bits per heavy atom. The Hall–Kier alpha value is -1.85. The number of hydrogen-bond acceptors (Lipinski definition) is 4. The highest BCUT2D eigenvalue weighted by molar-refractivity contribution is 5.90. The van der Waals surface area contributed by atoms with Gasteiger partial charge < -0.3 is 14.8 Å². The van der Waals surface area contributed by atoms with Crippen molar-refractivity contribution in [3.63, 3.8) is 0 Å². The molecular weight excluding hydrogens is 280 g/mol. The van der Waals surface area contributed by atoms with Crippen molar-refractivity contribution >= 4 is 16.9 Å². The quantitative estimate of drug-likeness (QED) is 0.852. The predicted molar refractivity (Wildman–Crippen MR) is 82.5 cm³/mol. The lowest BCUT2D eigenvalue weighted by Gasteiger charge is -2.30. The van der Waals surface area contributed by atoms with Gasteiger partial charge in [0.15, 0.2) is 0 Å². The molecule has 0 aliphatic carbocycles. The SMILES string of the molecule is CCOC(=O)C1c2[nH]c3ccc(CO)cc3c2C2CCN1C2. The van der Waals surface area contributed by atoms with E-state index < -0.39 is 0 Å². The van der Waals surface area contributed by atoms with E-state index in [-0.39, 0.29) is 18.6 Å². The number of ether oxygens (including phenoxy) is 1. The van der Waals surface area contributed by atoms with Crippen molar-refractivity contribution in [3.8, 4) is 0 Å². The van der Waals surface area contributed by atoms with Gasteiger partial charge in [0.25, 0.3) is 0 Å². The second-order valence-electron chi connectivity index (χ2n) is 6.13. The van der Waals surface area contributed by atoms with E-state index in [1.165, 1.54) is 5.56 Å². The maximum atomic E-state index is 12.4. The first-order valence-corrected chi connectivity index (χ1v) is 7.89. The number of aromatic amines is 1. The van der Waals surface area contributed by atoms with E-state index in [9.17, 15) is 9.90 Å². The maximum absolute atomic E-state index is 12.4. The first-order valence-electron chi connectivity index (χ1n) is 7.89. The van der Waals surface area contributed by atoms with Crippen LogP contribution in [0.2, 0.25) is 0 Å². The Kier molecular flexibility index (Phi) is 3.20. The van der Waals surface area contributed by atoms with Crippen LogP contribution in [0.1, 0.15) is 42.1 Å². The summed E-state index contributed by atoms with van der Waals surface area (Å²) in [5.74, 6) is 0.293. The molecule has 22 heavy (non-hydrogen) atoms. The molecule has 1 aromatic carbocycles. The minimum atomic E-state index is -0.321. The first kappa shape index (κ1) is 13.8. The number of carbonyl (C=O) groups is 1. The zero-order valence-corrected chi connectivity index (χ0v) is 12.6. The van der Waals surface area contributed by atoms with Gasteiger partial charge in [-0.15, -0.1) is 0 Å². The van der Waals surface area contributed by atoms with E-state index in [0.717, 1.165) is 41.7 Å². The number of carbonyl (C=O) groups excluding carboxylic acids is 1. The third-order valence-electron chi connectivity index (χ3n) is 4.89. The number of hydrogen-bond donors (Lipinski definition) is 2. The number of nitrogens with one attached hydrogen (secondary N) is 1. The van der Waals surface area contributed by atoms with E-state index in [4.69, 9.17) is 4.74 Å². The minimum Gasteiger partial charge on any atom is -0.465 e. The van der Waals surface area contributed by atoms with Gasteiger partial charge in [-0.3, -0.25) is 4.90 Å². The normalized spacial score (nSPS) is 26.2. The summed E-state index contributed by atoms with van der Waals surface area (Å²) < 4.78 is 5.29. The van der Waals surface area contributed by atoms with E-state index in [0.29, 0.717) is 12.5 Å². The van der Waals surface area contributed by atoms with Gasteiger partial charge in [0.2, 0.25) is 0 Å². The number of nitrogens with zero attached hydrogens (tertiary/aromatic N) is 1. The Bertz CT molecular complexity index is 737. The van der Waals surface area contributed by atoms with Crippen LogP contribution < -0.4 is 0 Å². The summed E-state index contributed by atoms with van der Waals surface area (Å²) in [6.45, 7) is 4.11. The van der Waals surface area contributed by atoms with Gasteiger partial charge in [0.05, 0.1) is 13.2 Å². The molecule has 0 amide bonds. The van der Waals surface area contributed by atoms with Crippen molar-refractivity contribution in [2.45, 2.75) is 31.9 Å². The summed E-state index contributed by atoms with van der Waals surface area (Å²) in [5, 5.41) is 10.5. The average molecular weight is 300 g/mol. The summed E-state index contributed by atoms with van der Waals surface area (Å²) in [6.07, 6.45) is 1.07. The van der Waals surface area contributed by atoms with Crippen LogP contribution in [-0.2, 0) is 16.1 Å². The first-order chi connectivity index (χ1) is 10.7. The molecule has 4 rings (SSSR count). The van der Waals surface area contributed by atoms with Crippen molar-refractivity contribution < 1.29 is 14.6 Å². The number of aliphatic hydroxyl groups excluding tert-OH is 1. The number of fused-ring (bicyclic) bond motifs is 6. The Labute approximate surface area is 128 Å². The van der Waals surface area contributed by atoms with Crippen LogP contribution in [-0.4, -0.2) is 40.7 Å². The largest absolute Gasteiger partial charge is 0.465 e. The molecule has 3 atom stereocenters. The van der Waals surface area contributed by atoms with Crippen LogP contribution in [0.5, 0.6) is 0 Å². The molecular formula is C17H20N2O3. The molecule has 0 radical (unpaired) electrons. The maximum Gasteiger partial charge on any atom is 0.329 e.